The van der Waals surface area contributed by atoms with Crippen molar-refractivity contribution in [3.8, 4) is 0 Å². The van der Waals surface area contributed by atoms with Gasteiger partial charge in [-0.3, -0.25) is 4.79 Å². The van der Waals surface area contributed by atoms with Crippen molar-refractivity contribution in [2.24, 2.45) is 0 Å². The Labute approximate surface area is 181 Å². The molecule has 7 nitrogen and oxygen atoms in total. The van der Waals surface area contributed by atoms with Gasteiger partial charge in [-0.05, 0) is 51.1 Å². The van der Waals surface area contributed by atoms with Gasteiger partial charge in [0.05, 0.1) is 25.7 Å². The number of aliphatic hydroxyl groups is 1. The Morgan fingerprint density at radius 2 is 2.00 bits per heavy atom. The van der Waals surface area contributed by atoms with Gasteiger partial charge in [0.1, 0.15) is 5.60 Å². The van der Waals surface area contributed by atoms with Crippen LogP contribution in [0.25, 0.3) is 0 Å². The Bertz CT molecular complexity index is 673. The summed E-state index contributed by atoms with van der Waals surface area (Å²) in [7, 11) is 1.38. The molecule has 29 heavy (non-hydrogen) atoms. The maximum atomic E-state index is 11.4. The van der Waals surface area contributed by atoms with Crippen LogP contribution >= 0.6 is 15.9 Å². The molecule has 2 rings (SSSR count). The zero-order chi connectivity index (χ0) is 22.0. The smallest absolute Gasteiger partial charge is 0.410 e. The molecule has 2 N–H and O–H groups in total. The van der Waals surface area contributed by atoms with Crippen molar-refractivity contribution in [2.45, 2.75) is 51.4 Å². The molecule has 1 aliphatic heterocycles. The summed E-state index contributed by atoms with van der Waals surface area (Å²) in [5.74, 6) is -0.248. The van der Waals surface area contributed by atoms with Gasteiger partial charge in [-0.1, -0.05) is 34.6 Å². The van der Waals surface area contributed by atoms with Crippen LogP contribution in [-0.2, 0) is 14.3 Å². The number of hydrogen-bond acceptors (Lipinski definition) is 6. The lowest BCUT2D eigenvalue weighted by Gasteiger charge is -2.24. The monoisotopic (exact) mass is 470 g/mol. The highest BCUT2D eigenvalue weighted by molar-refractivity contribution is 9.10. The number of amides is 1. The van der Waals surface area contributed by atoms with E-state index in [0.717, 1.165) is 10.0 Å². The van der Waals surface area contributed by atoms with Crippen molar-refractivity contribution in [2.75, 3.05) is 20.2 Å². The molecule has 0 radical (unpaired) electrons. The van der Waals surface area contributed by atoms with E-state index in [4.69, 9.17) is 4.74 Å². The van der Waals surface area contributed by atoms with E-state index in [1.807, 2.05) is 45.0 Å². The fraction of sp³-hybridized carbons (Fsp3) is 0.524. The highest BCUT2D eigenvalue weighted by Crippen LogP contribution is 2.20. The number of β-amino-alcohol motifs (C(OH)–C–C–N with tert-alkyl or cyclic N) is 1. The summed E-state index contributed by atoms with van der Waals surface area (Å²) in [6, 6.07) is 7.68. The third kappa shape index (κ3) is 9.80. The van der Waals surface area contributed by atoms with Gasteiger partial charge >= 0.3 is 12.1 Å². The molecule has 0 aromatic heterocycles. The highest BCUT2D eigenvalue weighted by Gasteiger charge is 2.28. The number of ether oxygens (including phenoxy) is 2. The summed E-state index contributed by atoms with van der Waals surface area (Å²) in [5, 5.41) is 12.2. The molecule has 0 bridgehead atoms. The number of esters is 1. The number of likely N-dealkylation sites (tertiary alicyclic amines) is 1. The first-order valence-corrected chi connectivity index (χ1v) is 10.2. The molecule has 0 spiro atoms. The van der Waals surface area contributed by atoms with E-state index in [2.05, 4.69) is 32.6 Å². The Kier molecular flexibility index (Phi) is 10.2. The summed E-state index contributed by atoms with van der Waals surface area (Å²) in [6.07, 6.45) is 1.80. The number of halogens is 1. The Morgan fingerprint density at radius 1 is 1.38 bits per heavy atom. The van der Waals surface area contributed by atoms with Crippen LogP contribution in [0.4, 0.5) is 4.79 Å². The van der Waals surface area contributed by atoms with E-state index < -0.39 is 5.60 Å². The first-order chi connectivity index (χ1) is 13.6. The maximum Gasteiger partial charge on any atom is 0.410 e. The minimum Gasteiger partial charge on any atom is -0.469 e. The van der Waals surface area contributed by atoms with Crippen LogP contribution in [0.2, 0.25) is 0 Å². The second-order valence-electron chi connectivity index (χ2n) is 7.62. The van der Waals surface area contributed by atoms with Gasteiger partial charge in [-0.15, -0.1) is 0 Å². The van der Waals surface area contributed by atoms with E-state index in [0.29, 0.717) is 19.5 Å². The van der Waals surface area contributed by atoms with Crippen molar-refractivity contribution < 1.29 is 24.2 Å². The van der Waals surface area contributed by atoms with Crippen LogP contribution in [0.3, 0.4) is 0 Å². The Balaban J connectivity index is 0.000000296. The Morgan fingerprint density at radius 3 is 2.45 bits per heavy atom. The van der Waals surface area contributed by atoms with E-state index in [9.17, 15) is 14.7 Å². The summed E-state index contributed by atoms with van der Waals surface area (Å²) in [5.41, 5.74) is 0.568. The summed E-state index contributed by atoms with van der Waals surface area (Å²) in [4.78, 5) is 24.2. The Hall–Kier alpha value is -2.06. The van der Waals surface area contributed by atoms with Crippen LogP contribution in [-0.4, -0.2) is 54.0 Å². The van der Waals surface area contributed by atoms with Crippen LogP contribution in [0.5, 0.6) is 0 Å². The molecule has 1 aromatic rings. The molecule has 1 heterocycles. The number of nitrogens with zero attached hydrogens (tertiary/aromatic N) is 1. The number of rotatable bonds is 5. The van der Waals surface area contributed by atoms with Crippen molar-refractivity contribution in [3.63, 3.8) is 0 Å². The lowest BCUT2D eigenvalue weighted by atomic mass is 10.0. The predicted octanol–water partition coefficient (Wildman–Crippen LogP) is 3.77. The number of carbonyl (C=O) groups is 2. The van der Waals surface area contributed by atoms with Crippen molar-refractivity contribution in [1.29, 1.82) is 0 Å². The van der Waals surface area contributed by atoms with Crippen LogP contribution in [0.15, 0.2) is 41.5 Å². The van der Waals surface area contributed by atoms with Gasteiger partial charge < -0.3 is 24.8 Å². The van der Waals surface area contributed by atoms with Crippen LogP contribution in [0.1, 0.15) is 45.2 Å². The minimum absolute atomic E-state index is 0.0990. The number of methoxy groups -OCH3 is 1. The molecular formula is C21H31BrN2O5. The molecule has 2 atom stereocenters. The first-order valence-electron chi connectivity index (χ1n) is 9.41. The van der Waals surface area contributed by atoms with Gasteiger partial charge in [-0.2, -0.15) is 0 Å². The second kappa shape index (κ2) is 11.8. The topological polar surface area (TPSA) is 88.1 Å². The lowest BCUT2D eigenvalue weighted by Crippen LogP contribution is -2.35. The van der Waals surface area contributed by atoms with Gasteiger partial charge in [0.15, 0.2) is 0 Å². The highest BCUT2D eigenvalue weighted by atomic mass is 79.9. The standard InChI is InChI=1S/C12H14BrNO2.C9H17NO3/c1-3-14-11(8-12(15)16-2)9-4-6-10(13)7-5-9;1-9(2,3)13-8(12)10-5-4-7(11)6-10/h3-7,11,14H,1,8H2,2H3;7,11H,4-6H2,1-3H3. The largest absolute Gasteiger partial charge is 0.469 e. The summed E-state index contributed by atoms with van der Waals surface area (Å²) in [6.45, 7) is 10.1. The van der Waals surface area contributed by atoms with E-state index >= 15 is 0 Å². The molecular weight excluding hydrogens is 440 g/mol. The number of benzene rings is 1. The molecule has 8 heteroatoms. The predicted molar refractivity (Wildman–Crippen MR) is 115 cm³/mol. The normalized spacial score (nSPS) is 16.9. The lowest BCUT2D eigenvalue weighted by molar-refractivity contribution is -0.141. The number of carbonyl (C=O) groups excluding carboxylic acids is 2. The third-order valence-electron chi connectivity index (χ3n) is 4.00. The SMILES string of the molecule is C=CNC(CC(=O)OC)c1ccc(Br)cc1.CC(C)(C)OC(=O)N1CCC(O)C1. The van der Waals surface area contributed by atoms with Gasteiger partial charge in [0, 0.05) is 17.6 Å². The van der Waals surface area contributed by atoms with Crippen molar-refractivity contribution >= 4 is 28.0 Å². The zero-order valence-electron chi connectivity index (χ0n) is 17.5. The first kappa shape index (κ1) is 25.0. The molecule has 0 aliphatic carbocycles. The summed E-state index contributed by atoms with van der Waals surface area (Å²) < 4.78 is 10.8. The molecule has 1 amide bonds. The molecule has 1 saturated heterocycles. The fourth-order valence-corrected chi connectivity index (χ4v) is 2.86. The number of hydrogen-bond donors (Lipinski definition) is 2. The molecule has 0 saturated carbocycles. The van der Waals surface area contributed by atoms with Crippen molar-refractivity contribution in [1.82, 2.24) is 10.2 Å². The molecule has 1 fully saturated rings. The van der Waals surface area contributed by atoms with Gasteiger partial charge in [0.2, 0.25) is 0 Å². The van der Waals surface area contributed by atoms with Gasteiger partial charge in [0.25, 0.3) is 0 Å². The third-order valence-corrected chi connectivity index (χ3v) is 4.53. The quantitative estimate of drug-likeness (QED) is 0.636. The minimum atomic E-state index is -0.454. The summed E-state index contributed by atoms with van der Waals surface area (Å²) >= 11 is 3.37. The van der Waals surface area contributed by atoms with Crippen molar-refractivity contribution in [3.05, 3.63) is 47.1 Å². The fourth-order valence-electron chi connectivity index (χ4n) is 2.59. The molecule has 1 aliphatic rings. The average molecular weight is 471 g/mol. The van der Waals surface area contributed by atoms with E-state index in [1.54, 1.807) is 6.20 Å². The molecule has 1 aromatic carbocycles. The molecule has 162 valence electrons. The second-order valence-corrected chi connectivity index (χ2v) is 8.54. The number of nitrogens with one attached hydrogen (secondary N) is 1. The van der Waals surface area contributed by atoms with E-state index in [-0.39, 0.29) is 30.6 Å². The number of aliphatic hydroxyl groups excluding tert-OH is 1. The van der Waals surface area contributed by atoms with Crippen LogP contribution < -0.4 is 5.32 Å². The van der Waals surface area contributed by atoms with Crippen LogP contribution in [0, 0.1) is 0 Å². The zero-order valence-corrected chi connectivity index (χ0v) is 19.1. The van der Waals surface area contributed by atoms with Gasteiger partial charge in [-0.25, -0.2) is 4.79 Å². The average Bonchev–Trinajstić information content (AvgIpc) is 3.08. The molecule has 2 unspecified atom stereocenters. The van der Waals surface area contributed by atoms with E-state index in [1.165, 1.54) is 12.0 Å². The maximum absolute atomic E-state index is 11.4.